The number of ether oxygens (including phenoxy) is 2. The Morgan fingerprint density at radius 1 is 1.53 bits per heavy atom. The molecule has 2 atom stereocenters. The summed E-state index contributed by atoms with van der Waals surface area (Å²) in [6, 6.07) is -1.13. The number of hydrogen-bond donors (Lipinski definition) is 3. The second kappa shape index (κ2) is 7.70. The Kier molecular flexibility index (Phi) is 6.23. The van der Waals surface area contributed by atoms with E-state index >= 15 is 0 Å². The average Bonchev–Trinajstić information content (AvgIpc) is 2.43. The third-order valence-corrected chi connectivity index (χ3v) is 2.70. The van der Waals surface area contributed by atoms with Gasteiger partial charge in [-0.25, -0.2) is 4.79 Å². The lowest BCUT2D eigenvalue weighted by molar-refractivity contribution is -0.146. The maximum absolute atomic E-state index is 11.8. The highest BCUT2D eigenvalue weighted by atomic mass is 16.5. The number of carbonyl (C=O) groups excluding carboxylic acids is 2. The molecule has 3 N–H and O–H groups in total. The molecular formula is C11H18N2O6. The van der Waals surface area contributed by atoms with Gasteiger partial charge in [0, 0.05) is 19.5 Å². The smallest absolute Gasteiger partial charge is 0.326 e. The van der Waals surface area contributed by atoms with E-state index < -0.39 is 30.0 Å². The summed E-state index contributed by atoms with van der Waals surface area (Å²) in [5.74, 6) is -2.21. The van der Waals surface area contributed by atoms with Crippen molar-refractivity contribution in [1.82, 2.24) is 10.6 Å². The molecule has 8 heteroatoms. The van der Waals surface area contributed by atoms with Gasteiger partial charge in [0.1, 0.15) is 12.1 Å². The first-order valence-corrected chi connectivity index (χ1v) is 5.97. The lowest BCUT2D eigenvalue weighted by atomic mass is 10.1. The van der Waals surface area contributed by atoms with E-state index in [1.165, 1.54) is 7.11 Å². The van der Waals surface area contributed by atoms with Gasteiger partial charge in [-0.3, -0.25) is 9.59 Å². The van der Waals surface area contributed by atoms with Crippen LogP contribution in [0.5, 0.6) is 0 Å². The minimum absolute atomic E-state index is 0.0199. The molecule has 1 fully saturated rings. The number of carboxylic acids is 1. The van der Waals surface area contributed by atoms with Gasteiger partial charge in [0.2, 0.25) is 0 Å². The van der Waals surface area contributed by atoms with Crippen LogP contribution < -0.4 is 10.6 Å². The lowest BCUT2D eigenvalue weighted by Gasteiger charge is -2.24. The van der Waals surface area contributed by atoms with Crippen molar-refractivity contribution in [3.8, 4) is 0 Å². The Morgan fingerprint density at radius 3 is 2.79 bits per heavy atom. The van der Waals surface area contributed by atoms with Crippen molar-refractivity contribution < 1.29 is 29.0 Å². The number of rotatable bonds is 6. The lowest BCUT2D eigenvalue weighted by Crippen LogP contribution is -2.52. The Labute approximate surface area is 110 Å². The number of morpholine rings is 1. The summed E-state index contributed by atoms with van der Waals surface area (Å²) in [6.45, 7) is 1.40. The number of hydrogen-bond acceptors (Lipinski definition) is 6. The highest BCUT2D eigenvalue weighted by Crippen LogP contribution is 2.02. The van der Waals surface area contributed by atoms with Crippen LogP contribution >= 0.6 is 0 Å². The SMILES string of the molecule is COC(=O)CC[C@H](NC(=O)C1CNCCO1)C(=O)O. The summed E-state index contributed by atoms with van der Waals surface area (Å²) in [6.07, 6.45) is -0.792. The van der Waals surface area contributed by atoms with Crippen molar-refractivity contribution in [2.45, 2.75) is 25.0 Å². The summed E-state index contributed by atoms with van der Waals surface area (Å²) < 4.78 is 9.63. The van der Waals surface area contributed by atoms with Gasteiger partial charge in [-0.05, 0) is 6.42 Å². The number of carbonyl (C=O) groups is 3. The summed E-state index contributed by atoms with van der Waals surface area (Å²) in [5, 5.41) is 14.3. The first-order chi connectivity index (χ1) is 9.04. The molecule has 1 saturated heterocycles. The average molecular weight is 274 g/mol. The van der Waals surface area contributed by atoms with E-state index in [9.17, 15) is 14.4 Å². The first-order valence-electron chi connectivity index (χ1n) is 5.97. The van der Waals surface area contributed by atoms with Crippen molar-refractivity contribution in [1.29, 1.82) is 0 Å². The number of esters is 1. The standard InChI is InChI=1S/C11H18N2O6/c1-18-9(14)3-2-7(11(16)17)13-10(15)8-6-12-4-5-19-8/h7-8,12H,2-6H2,1H3,(H,13,15)(H,16,17)/t7-,8?/m0/s1. The molecule has 1 heterocycles. The molecule has 108 valence electrons. The molecule has 0 bridgehead atoms. The molecule has 1 rings (SSSR count). The van der Waals surface area contributed by atoms with Gasteiger partial charge < -0.3 is 25.2 Å². The zero-order chi connectivity index (χ0) is 14.3. The molecule has 0 radical (unpaired) electrons. The van der Waals surface area contributed by atoms with Crippen LogP contribution in [0.2, 0.25) is 0 Å². The minimum atomic E-state index is -1.19. The molecule has 0 aromatic rings. The van der Waals surface area contributed by atoms with Crippen LogP contribution in [-0.2, 0) is 23.9 Å². The molecule has 1 unspecified atom stereocenters. The quantitative estimate of drug-likeness (QED) is 0.505. The van der Waals surface area contributed by atoms with Crippen LogP contribution in [0.3, 0.4) is 0 Å². The van der Waals surface area contributed by atoms with Crippen molar-refractivity contribution in [3.05, 3.63) is 0 Å². The maximum Gasteiger partial charge on any atom is 0.326 e. The normalized spacial score (nSPS) is 20.4. The van der Waals surface area contributed by atoms with Crippen molar-refractivity contribution in [2.75, 3.05) is 26.8 Å². The van der Waals surface area contributed by atoms with Crippen LogP contribution in [0.4, 0.5) is 0 Å². The molecule has 1 aliphatic rings. The fourth-order valence-electron chi connectivity index (χ4n) is 1.62. The number of nitrogens with one attached hydrogen (secondary N) is 2. The van der Waals surface area contributed by atoms with E-state index in [0.29, 0.717) is 19.7 Å². The summed E-state index contributed by atoms with van der Waals surface area (Å²) in [5.41, 5.74) is 0. The molecule has 0 aliphatic carbocycles. The minimum Gasteiger partial charge on any atom is -0.480 e. The Hall–Kier alpha value is -1.67. The second-order valence-corrected chi connectivity index (χ2v) is 4.08. The summed E-state index contributed by atoms with van der Waals surface area (Å²) >= 11 is 0. The van der Waals surface area contributed by atoms with Gasteiger partial charge in [0.25, 0.3) is 5.91 Å². The maximum atomic E-state index is 11.8. The number of carboxylic acid groups (broad SMARTS) is 1. The van der Waals surface area contributed by atoms with E-state index in [1.54, 1.807) is 0 Å². The highest BCUT2D eigenvalue weighted by Gasteiger charge is 2.27. The molecular weight excluding hydrogens is 256 g/mol. The van der Waals surface area contributed by atoms with E-state index in [4.69, 9.17) is 9.84 Å². The zero-order valence-electron chi connectivity index (χ0n) is 10.7. The summed E-state index contributed by atoms with van der Waals surface area (Å²) in [4.78, 5) is 33.7. The van der Waals surface area contributed by atoms with E-state index in [0.717, 1.165) is 0 Å². The van der Waals surface area contributed by atoms with Crippen LogP contribution in [0.15, 0.2) is 0 Å². The molecule has 0 aromatic carbocycles. The van der Waals surface area contributed by atoms with E-state index in [-0.39, 0.29) is 12.8 Å². The predicted octanol–water partition coefficient (Wildman–Crippen LogP) is -1.50. The van der Waals surface area contributed by atoms with Crippen LogP contribution in [0.1, 0.15) is 12.8 Å². The van der Waals surface area contributed by atoms with E-state index in [2.05, 4.69) is 15.4 Å². The Bertz CT molecular complexity index is 340. The largest absolute Gasteiger partial charge is 0.480 e. The first kappa shape index (κ1) is 15.4. The third-order valence-electron chi connectivity index (χ3n) is 2.70. The topological polar surface area (TPSA) is 114 Å². The van der Waals surface area contributed by atoms with Crippen molar-refractivity contribution >= 4 is 17.8 Å². The molecule has 0 spiro atoms. The fourth-order valence-corrected chi connectivity index (χ4v) is 1.62. The second-order valence-electron chi connectivity index (χ2n) is 4.08. The predicted molar refractivity (Wildman–Crippen MR) is 63.4 cm³/mol. The van der Waals surface area contributed by atoms with Crippen LogP contribution in [0.25, 0.3) is 0 Å². The van der Waals surface area contributed by atoms with Gasteiger partial charge in [-0.1, -0.05) is 0 Å². The molecule has 1 amide bonds. The molecule has 19 heavy (non-hydrogen) atoms. The van der Waals surface area contributed by atoms with Gasteiger partial charge >= 0.3 is 11.9 Å². The fraction of sp³-hybridized carbons (Fsp3) is 0.727. The van der Waals surface area contributed by atoms with Crippen LogP contribution in [-0.4, -0.2) is 61.9 Å². The molecule has 1 aliphatic heterocycles. The number of aliphatic carboxylic acids is 1. The molecule has 0 aromatic heterocycles. The van der Waals surface area contributed by atoms with Gasteiger partial charge in [-0.15, -0.1) is 0 Å². The third kappa shape index (κ3) is 5.23. The van der Waals surface area contributed by atoms with E-state index in [1.807, 2.05) is 0 Å². The van der Waals surface area contributed by atoms with Crippen molar-refractivity contribution in [2.24, 2.45) is 0 Å². The highest BCUT2D eigenvalue weighted by molar-refractivity contribution is 5.86. The van der Waals surface area contributed by atoms with Crippen molar-refractivity contribution in [3.63, 3.8) is 0 Å². The van der Waals surface area contributed by atoms with Gasteiger partial charge in [0.05, 0.1) is 13.7 Å². The molecule has 8 nitrogen and oxygen atoms in total. The van der Waals surface area contributed by atoms with Gasteiger partial charge in [0.15, 0.2) is 0 Å². The van der Waals surface area contributed by atoms with Crippen LogP contribution in [0, 0.1) is 0 Å². The Morgan fingerprint density at radius 2 is 2.26 bits per heavy atom. The molecule has 0 saturated carbocycles. The Balaban J connectivity index is 2.45. The summed E-state index contributed by atoms with van der Waals surface area (Å²) in [7, 11) is 1.22. The number of methoxy groups -OCH3 is 1. The monoisotopic (exact) mass is 274 g/mol. The number of amides is 1. The zero-order valence-corrected chi connectivity index (χ0v) is 10.7. The van der Waals surface area contributed by atoms with Gasteiger partial charge in [-0.2, -0.15) is 0 Å².